The standard InChI is InChI=1S/C11H17O2/c1(2-10-4-6-12-8-10)3-11-5-7-13-9-11/h1-3,10-11H,4-9H2/b2-1+. The summed E-state index contributed by atoms with van der Waals surface area (Å²) in [5.74, 6) is 1.30. The number of hydrogen-bond acceptors (Lipinski definition) is 2. The molecule has 1 radical (unpaired) electrons. The molecule has 13 heavy (non-hydrogen) atoms. The van der Waals surface area contributed by atoms with E-state index in [0.29, 0.717) is 11.8 Å². The van der Waals surface area contributed by atoms with Crippen LogP contribution < -0.4 is 0 Å². The van der Waals surface area contributed by atoms with Crippen LogP contribution in [0.5, 0.6) is 0 Å². The lowest BCUT2D eigenvalue weighted by Gasteiger charge is -2.02. The highest BCUT2D eigenvalue weighted by atomic mass is 16.5. The molecule has 0 aromatic rings. The lowest BCUT2D eigenvalue weighted by molar-refractivity contribution is 0.190. The maximum absolute atomic E-state index is 5.29. The molecule has 2 heteroatoms. The van der Waals surface area contributed by atoms with Crippen LogP contribution in [0.1, 0.15) is 12.8 Å². The van der Waals surface area contributed by atoms with E-state index in [-0.39, 0.29) is 0 Å². The fourth-order valence-corrected chi connectivity index (χ4v) is 1.79. The predicted molar refractivity (Wildman–Crippen MR) is 51.3 cm³/mol. The number of allylic oxidation sites excluding steroid dienone is 1. The lowest BCUT2D eigenvalue weighted by Crippen LogP contribution is -1.99. The van der Waals surface area contributed by atoms with E-state index in [0.717, 1.165) is 26.4 Å². The van der Waals surface area contributed by atoms with Gasteiger partial charge in [0, 0.05) is 19.1 Å². The van der Waals surface area contributed by atoms with E-state index in [4.69, 9.17) is 9.47 Å². The molecule has 2 unspecified atom stereocenters. The van der Waals surface area contributed by atoms with E-state index >= 15 is 0 Å². The summed E-state index contributed by atoms with van der Waals surface area (Å²) in [6, 6.07) is 0. The lowest BCUT2D eigenvalue weighted by atomic mass is 10.0. The van der Waals surface area contributed by atoms with Crippen LogP contribution in [0.25, 0.3) is 0 Å². The number of rotatable bonds is 3. The molecule has 2 aliphatic heterocycles. The van der Waals surface area contributed by atoms with Crippen molar-refractivity contribution in [2.45, 2.75) is 12.8 Å². The fourth-order valence-electron chi connectivity index (χ4n) is 1.79. The summed E-state index contributed by atoms with van der Waals surface area (Å²) in [5.41, 5.74) is 0. The van der Waals surface area contributed by atoms with Crippen molar-refractivity contribution in [1.29, 1.82) is 0 Å². The van der Waals surface area contributed by atoms with Gasteiger partial charge in [-0.3, -0.25) is 0 Å². The summed E-state index contributed by atoms with van der Waals surface area (Å²) in [5, 5.41) is 0. The molecule has 2 aliphatic rings. The van der Waals surface area contributed by atoms with Crippen molar-refractivity contribution in [3.63, 3.8) is 0 Å². The average molecular weight is 181 g/mol. The molecule has 2 saturated heterocycles. The largest absolute Gasteiger partial charge is 0.381 e. The van der Waals surface area contributed by atoms with Crippen molar-refractivity contribution >= 4 is 0 Å². The van der Waals surface area contributed by atoms with Crippen LogP contribution in [-0.4, -0.2) is 26.4 Å². The molecule has 0 saturated carbocycles. The molecule has 2 nitrogen and oxygen atoms in total. The zero-order valence-corrected chi connectivity index (χ0v) is 7.95. The first-order chi connectivity index (χ1) is 6.45. The van der Waals surface area contributed by atoms with Gasteiger partial charge in [-0.1, -0.05) is 12.2 Å². The van der Waals surface area contributed by atoms with Crippen LogP contribution in [0, 0.1) is 18.3 Å². The van der Waals surface area contributed by atoms with Gasteiger partial charge in [-0.15, -0.1) is 0 Å². The van der Waals surface area contributed by atoms with Crippen molar-refractivity contribution < 1.29 is 9.47 Å². The van der Waals surface area contributed by atoms with Crippen LogP contribution in [0.15, 0.2) is 12.2 Å². The van der Waals surface area contributed by atoms with Crippen molar-refractivity contribution in [2.75, 3.05) is 26.4 Å². The Hall–Kier alpha value is -0.340. The molecule has 0 N–H and O–H groups in total. The van der Waals surface area contributed by atoms with Gasteiger partial charge in [0.25, 0.3) is 0 Å². The summed E-state index contributed by atoms with van der Waals surface area (Å²) >= 11 is 0. The number of ether oxygens (including phenoxy) is 2. The topological polar surface area (TPSA) is 18.5 Å². The second-order valence-corrected chi connectivity index (χ2v) is 3.82. The second kappa shape index (κ2) is 4.77. The molecule has 2 rings (SSSR count). The Kier molecular flexibility index (Phi) is 3.39. The molecular formula is C11H17O2. The highest BCUT2D eigenvalue weighted by molar-refractivity contribution is 5.02. The summed E-state index contributed by atoms with van der Waals surface area (Å²) in [6.45, 7) is 3.68. The smallest absolute Gasteiger partial charge is 0.0529 e. The van der Waals surface area contributed by atoms with Gasteiger partial charge >= 0.3 is 0 Å². The van der Waals surface area contributed by atoms with E-state index < -0.39 is 0 Å². The SMILES string of the molecule is [CH](/C=C/C1CCOC1)C1CCOC1. The zero-order valence-electron chi connectivity index (χ0n) is 7.95. The molecule has 2 fully saturated rings. The summed E-state index contributed by atoms with van der Waals surface area (Å²) in [4.78, 5) is 0. The molecule has 0 aromatic heterocycles. The van der Waals surface area contributed by atoms with E-state index in [2.05, 4.69) is 18.6 Å². The van der Waals surface area contributed by atoms with Crippen LogP contribution in [0.4, 0.5) is 0 Å². The summed E-state index contributed by atoms with van der Waals surface area (Å²) < 4.78 is 10.6. The number of hydrogen-bond donors (Lipinski definition) is 0. The Balaban J connectivity index is 1.65. The molecule has 2 atom stereocenters. The molecule has 0 aliphatic carbocycles. The minimum Gasteiger partial charge on any atom is -0.381 e. The van der Waals surface area contributed by atoms with Gasteiger partial charge in [0.15, 0.2) is 0 Å². The first kappa shape index (κ1) is 9.22. The Morgan fingerprint density at radius 2 is 1.62 bits per heavy atom. The normalized spacial score (nSPS) is 34.8. The Labute approximate surface area is 79.9 Å². The summed E-state index contributed by atoms with van der Waals surface area (Å²) in [7, 11) is 0. The molecule has 0 amide bonds. The average Bonchev–Trinajstić information content (AvgIpc) is 2.75. The molecule has 0 bridgehead atoms. The van der Waals surface area contributed by atoms with Crippen LogP contribution >= 0.6 is 0 Å². The molecular weight excluding hydrogens is 164 g/mol. The third-order valence-electron chi connectivity index (χ3n) is 2.70. The molecule has 73 valence electrons. The van der Waals surface area contributed by atoms with E-state index in [1.807, 2.05) is 0 Å². The molecule has 0 aromatic carbocycles. The third-order valence-corrected chi connectivity index (χ3v) is 2.70. The Morgan fingerprint density at radius 1 is 0.923 bits per heavy atom. The summed E-state index contributed by atoms with van der Waals surface area (Å²) in [6.07, 6.45) is 9.10. The van der Waals surface area contributed by atoms with Crippen molar-refractivity contribution in [2.24, 2.45) is 11.8 Å². The highest BCUT2D eigenvalue weighted by Gasteiger charge is 2.15. The maximum atomic E-state index is 5.29. The zero-order chi connectivity index (χ0) is 8.93. The van der Waals surface area contributed by atoms with Gasteiger partial charge in [-0.2, -0.15) is 0 Å². The van der Waals surface area contributed by atoms with Gasteiger partial charge < -0.3 is 9.47 Å². The van der Waals surface area contributed by atoms with E-state index in [1.54, 1.807) is 0 Å². The van der Waals surface area contributed by atoms with Gasteiger partial charge in [0.2, 0.25) is 0 Å². The van der Waals surface area contributed by atoms with E-state index in [1.165, 1.54) is 12.8 Å². The maximum Gasteiger partial charge on any atom is 0.0529 e. The monoisotopic (exact) mass is 181 g/mol. The van der Waals surface area contributed by atoms with E-state index in [9.17, 15) is 0 Å². The minimum absolute atomic E-state index is 0.651. The molecule has 2 heterocycles. The Morgan fingerprint density at radius 3 is 2.23 bits per heavy atom. The fraction of sp³-hybridized carbons (Fsp3) is 0.727. The van der Waals surface area contributed by atoms with Crippen molar-refractivity contribution in [3.8, 4) is 0 Å². The van der Waals surface area contributed by atoms with Crippen molar-refractivity contribution in [1.82, 2.24) is 0 Å². The van der Waals surface area contributed by atoms with Gasteiger partial charge in [0.1, 0.15) is 0 Å². The third kappa shape index (κ3) is 2.82. The van der Waals surface area contributed by atoms with Crippen LogP contribution in [-0.2, 0) is 9.47 Å². The van der Waals surface area contributed by atoms with Gasteiger partial charge in [-0.25, -0.2) is 0 Å². The Bertz CT molecular complexity index is 165. The van der Waals surface area contributed by atoms with Crippen LogP contribution in [0.3, 0.4) is 0 Å². The van der Waals surface area contributed by atoms with Gasteiger partial charge in [0.05, 0.1) is 13.2 Å². The van der Waals surface area contributed by atoms with Crippen molar-refractivity contribution in [3.05, 3.63) is 18.6 Å². The quantitative estimate of drug-likeness (QED) is 0.661. The first-order valence-electron chi connectivity index (χ1n) is 5.12. The highest BCUT2D eigenvalue weighted by Crippen LogP contribution is 2.18. The second-order valence-electron chi connectivity index (χ2n) is 3.82. The van der Waals surface area contributed by atoms with Crippen LogP contribution in [0.2, 0.25) is 0 Å². The minimum atomic E-state index is 0.651. The van der Waals surface area contributed by atoms with Gasteiger partial charge in [-0.05, 0) is 25.2 Å². The predicted octanol–water partition coefficient (Wildman–Crippen LogP) is 1.82. The first-order valence-corrected chi connectivity index (χ1v) is 5.12. The molecule has 0 spiro atoms.